The van der Waals surface area contributed by atoms with E-state index in [1.54, 1.807) is 77.4 Å². The molecule has 0 aliphatic carbocycles. The van der Waals surface area contributed by atoms with Crippen LogP contribution in [0.25, 0.3) is 5.69 Å². The number of hydrogen-bond donors (Lipinski definition) is 1. The van der Waals surface area contributed by atoms with Crippen LogP contribution < -0.4 is 15.1 Å². The van der Waals surface area contributed by atoms with Crippen LogP contribution in [0.15, 0.2) is 113 Å². The summed E-state index contributed by atoms with van der Waals surface area (Å²) < 4.78 is 37.6. The number of halogens is 1. The molecule has 0 saturated carbocycles. The second-order valence-electron chi connectivity index (χ2n) is 11.1. The molecule has 1 unspecified atom stereocenters. The minimum atomic E-state index is -4.13. The van der Waals surface area contributed by atoms with Crippen LogP contribution in [0.4, 0.5) is 0 Å². The van der Waals surface area contributed by atoms with Gasteiger partial charge in [-0.15, -0.1) is 5.10 Å². The Kier molecular flexibility index (Phi) is 11.0. The molecule has 9 nitrogen and oxygen atoms in total. The maximum Gasteiger partial charge on any atom is 0.351 e. The molecule has 0 bridgehead atoms. The van der Waals surface area contributed by atoms with Gasteiger partial charge >= 0.3 is 5.69 Å². The number of sulfonamides is 1. The van der Waals surface area contributed by atoms with Gasteiger partial charge in [0.05, 0.1) is 22.2 Å². The van der Waals surface area contributed by atoms with E-state index in [0.717, 1.165) is 30.4 Å². The zero-order chi connectivity index (χ0) is 33.4. The average molecular weight is 673 g/mol. The molecule has 1 amide bonds. The maximum atomic E-state index is 13.7. The fourth-order valence-corrected chi connectivity index (χ4v) is 6.48. The molecule has 1 aromatic heterocycles. The maximum absolute atomic E-state index is 13.7. The first-order valence-electron chi connectivity index (χ1n) is 15.6. The molecule has 1 heterocycles. The minimum absolute atomic E-state index is 0.0254. The van der Waals surface area contributed by atoms with Crippen molar-refractivity contribution in [2.75, 3.05) is 0 Å². The Balaban J connectivity index is 1.47. The summed E-state index contributed by atoms with van der Waals surface area (Å²) in [5.74, 6) is 0.294. The summed E-state index contributed by atoms with van der Waals surface area (Å²) in [6, 6.07) is 29.2. The molecule has 0 aliphatic heterocycles. The second kappa shape index (κ2) is 15.3. The first kappa shape index (κ1) is 33.7. The summed E-state index contributed by atoms with van der Waals surface area (Å²) in [5, 5.41) is 5.09. The summed E-state index contributed by atoms with van der Waals surface area (Å²) in [7, 11) is -4.13. The van der Waals surface area contributed by atoms with Gasteiger partial charge in [0.15, 0.2) is 0 Å². The van der Waals surface area contributed by atoms with Gasteiger partial charge in [0.25, 0.3) is 15.9 Å². The molecule has 0 saturated heterocycles. The summed E-state index contributed by atoms with van der Waals surface area (Å²) in [6.07, 6.45) is 2.62. The van der Waals surface area contributed by atoms with Crippen LogP contribution in [0.1, 0.15) is 61.7 Å². The van der Waals surface area contributed by atoms with Crippen molar-refractivity contribution < 1.29 is 17.9 Å². The molecule has 5 rings (SSSR count). The lowest BCUT2D eigenvalue weighted by Gasteiger charge is -2.21. The number of para-hydroxylation sites is 1. The normalized spacial score (nSPS) is 12.1. The average Bonchev–Trinajstić information content (AvgIpc) is 3.38. The van der Waals surface area contributed by atoms with Crippen molar-refractivity contribution in [3.8, 4) is 11.4 Å². The van der Waals surface area contributed by atoms with Crippen LogP contribution in [0.2, 0.25) is 5.02 Å². The number of ether oxygens (including phenoxy) is 1. The van der Waals surface area contributed by atoms with Gasteiger partial charge in [-0.3, -0.25) is 9.36 Å². The molecular weight excluding hydrogens is 636 g/mol. The molecule has 0 radical (unpaired) electrons. The van der Waals surface area contributed by atoms with Crippen LogP contribution in [0, 0.1) is 0 Å². The van der Waals surface area contributed by atoms with E-state index in [4.69, 9.17) is 16.3 Å². The van der Waals surface area contributed by atoms with E-state index >= 15 is 0 Å². The number of aryl methyl sites for hydroxylation is 2. The lowest BCUT2D eigenvalue weighted by Crippen LogP contribution is -2.37. The molecule has 0 spiro atoms. The molecule has 244 valence electrons. The lowest BCUT2D eigenvalue weighted by atomic mass is 10.0. The fourth-order valence-electron chi connectivity index (χ4n) is 5.26. The van der Waals surface area contributed by atoms with E-state index in [9.17, 15) is 18.0 Å². The van der Waals surface area contributed by atoms with Crippen LogP contribution in [-0.2, 0) is 34.2 Å². The molecule has 1 N–H and O–H groups in total. The topological polar surface area (TPSA) is 112 Å². The third kappa shape index (κ3) is 8.01. The monoisotopic (exact) mass is 672 g/mol. The standard InChI is InChI=1S/C36H37ClN4O5S/c1-3-5-21-33-38-41(31-20-13-12-19-30(31)37)36(43)40(33)25-26-22-23-32(28(24-26)14-4-2)46-34(27-15-8-6-9-16-27)35(42)39-47(44,45)29-17-10-7-11-18-29/h6-13,15-20,22-24,34H,3-5,14,21,25H2,1-2H3,(H,39,42). The summed E-state index contributed by atoms with van der Waals surface area (Å²) in [5.41, 5.74) is 2.41. The predicted molar refractivity (Wildman–Crippen MR) is 183 cm³/mol. The fraction of sp³-hybridized carbons (Fsp3) is 0.250. The molecular formula is C36H37ClN4O5S. The van der Waals surface area contributed by atoms with Crippen molar-refractivity contribution in [1.29, 1.82) is 0 Å². The van der Waals surface area contributed by atoms with Gasteiger partial charge in [-0.2, -0.15) is 4.68 Å². The third-order valence-electron chi connectivity index (χ3n) is 7.63. The van der Waals surface area contributed by atoms with Crippen LogP contribution in [0.5, 0.6) is 5.75 Å². The Bertz CT molecular complexity index is 1990. The van der Waals surface area contributed by atoms with E-state index in [0.29, 0.717) is 40.7 Å². The van der Waals surface area contributed by atoms with Crippen molar-refractivity contribution in [1.82, 2.24) is 19.1 Å². The number of carbonyl (C=O) groups excluding carboxylic acids is 1. The van der Waals surface area contributed by atoms with Crippen molar-refractivity contribution >= 4 is 27.5 Å². The Morgan fingerprint density at radius 3 is 2.26 bits per heavy atom. The quantitative estimate of drug-likeness (QED) is 0.141. The van der Waals surface area contributed by atoms with Crippen molar-refractivity contribution in [2.45, 2.75) is 63.5 Å². The molecule has 5 aromatic rings. The largest absolute Gasteiger partial charge is 0.476 e. The molecule has 47 heavy (non-hydrogen) atoms. The van der Waals surface area contributed by atoms with Crippen molar-refractivity contribution in [3.05, 3.63) is 141 Å². The number of carbonyl (C=O) groups is 1. The van der Waals surface area contributed by atoms with E-state index < -0.39 is 22.0 Å². The second-order valence-corrected chi connectivity index (χ2v) is 13.2. The highest BCUT2D eigenvalue weighted by atomic mass is 35.5. The van der Waals surface area contributed by atoms with E-state index in [-0.39, 0.29) is 17.1 Å². The highest BCUT2D eigenvalue weighted by Gasteiger charge is 2.28. The van der Waals surface area contributed by atoms with Gasteiger partial charge < -0.3 is 4.74 Å². The number of aromatic nitrogens is 3. The van der Waals surface area contributed by atoms with Gasteiger partial charge in [0, 0.05) is 12.0 Å². The summed E-state index contributed by atoms with van der Waals surface area (Å²) >= 11 is 6.42. The number of nitrogens with one attached hydrogen (secondary N) is 1. The number of nitrogens with zero attached hydrogens (tertiary/aromatic N) is 3. The molecule has 11 heteroatoms. The van der Waals surface area contributed by atoms with Crippen LogP contribution >= 0.6 is 11.6 Å². The third-order valence-corrected chi connectivity index (χ3v) is 9.31. The zero-order valence-corrected chi connectivity index (χ0v) is 27.9. The highest BCUT2D eigenvalue weighted by Crippen LogP contribution is 2.29. The van der Waals surface area contributed by atoms with E-state index in [1.807, 2.05) is 25.1 Å². The smallest absolute Gasteiger partial charge is 0.351 e. The van der Waals surface area contributed by atoms with Crippen LogP contribution in [-0.4, -0.2) is 28.7 Å². The first-order valence-corrected chi connectivity index (χ1v) is 17.5. The summed E-state index contributed by atoms with van der Waals surface area (Å²) in [4.78, 5) is 27.2. The number of benzene rings is 4. The van der Waals surface area contributed by atoms with E-state index in [2.05, 4.69) is 16.7 Å². The van der Waals surface area contributed by atoms with Gasteiger partial charge in [0.1, 0.15) is 11.6 Å². The number of hydrogen-bond acceptors (Lipinski definition) is 6. The first-order chi connectivity index (χ1) is 22.7. The Morgan fingerprint density at radius 1 is 0.894 bits per heavy atom. The summed E-state index contributed by atoms with van der Waals surface area (Å²) in [6.45, 7) is 4.39. The van der Waals surface area contributed by atoms with Crippen molar-refractivity contribution in [2.24, 2.45) is 0 Å². The Labute approximate surface area is 279 Å². The SMILES string of the molecule is CCCCc1nn(-c2ccccc2Cl)c(=O)n1Cc1ccc(OC(C(=O)NS(=O)(=O)c2ccccc2)c2ccccc2)c(CCC)c1. The Morgan fingerprint density at radius 2 is 1.57 bits per heavy atom. The molecule has 0 aliphatic rings. The molecule has 0 fully saturated rings. The lowest BCUT2D eigenvalue weighted by molar-refractivity contribution is -0.126. The Hall–Kier alpha value is -4.67. The van der Waals surface area contributed by atoms with Crippen LogP contribution in [0.3, 0.4) is 0 Å². The van der Waals surface area contributed by atoms with Crippen molar-refractivity contribution in [3.63, 3.8) is 0 Å². The minimum Gasteiger partial charge on any atom is -0.476 e. The highest BCUT2D eigenvalue weighted by molar-refractivity contribution is 7.90. The van der Waals surface area contributed by atoms with Gasteiger partial charge in [-0.25, -0.2) is 17.9 Å². The number of unbranched alkanes of at least 4 members (excludes halogenated alkanes) is 1. The van der Waals surface area contributed by atoms with Gasteiger partial charge in [-0.1, -0.05) is 111 Å². The molecule has 1 atom stereocenters. The zero-order valence-electron chi connectivity index (χ0n) is 26.3. The molecule has 4 aromatic carbocycles. The predicted octanol–water partition coefficient (Wildman–Crippen LogP) is 6.66. The number of amides is 1. The number of rotatable bonds is 14. The van der Waals surface area contributed by atoms with Gasteiger partial charge in [-0.05, 0) is 54.3 Å². The van der Waals surface area contributed by atoms with Gasteiger partial charge in [0.2, 0.25) is 6.10 Å². The van der Waals surface area contributed by atoms with E-state index in [1.165, 1.54) is 16.8 Å².